The van der Waals surface area contributed by atoms with E-state index in [1.54, 1.807) is 30.3 Å². The van der Waals surface area contributed by atoms with Crippen LogP contribution in [0.5, 0.6) is 5.75 Å². The van der Waals surface area contributed by atoms with Crippen LogP contribution in [0.3, 0.4) is 0 Å². The molecule has 47 heavy (non-hydrogen) atoms. The quantitative estimate of drug-likeness (QED) is 0.160. The Morgan fingerprint density at radius 3 is 2.45 bits per heavy atom. The van der Waals surface area contributed by atoms with Crippen LogP contribution in [0, 0.1) is 0 Å². The number of hydrogen-bond acceptors (Lipinski definition) is 6. The predicted octanol–water partition coefficient (Wildman–Crippen LogP) is 8.03. The van der Waals surface area contributed by atoms with Crippen molar-refractivity contribution in [2.45, 2.75) is 25.7 Å². The Balaban J connectivity index is 1.57. The molecule has 0 spiro atoms. The number of aromatic nitrogens is 1. The molecule has 0 fully saturated rings. The van der Waals surface area contributed by atoms with E-state index in [1.807, 2.05) is 30.3 Å². The van der Waals surface area contributed by atoms with Crippen molar-refractivity contribution in [3.05, 3.63) is 142 Å². The molecule has 4 aromatic carbocycles. The second kappa shape index (κ2) is 13.2. The number of fused-ring (bicyclic) bond motifs is 2. The third kappa shape index (κ3) is 6.56. The standard InChI is InChI=1S/C34H22Cl3F3N2O4S/c1-2-45-32(44)28-29(20-8-11-21(35)12-9-20)42-31(43)27(47-33(42)41-30(28)34(38,39)40)16-23-22-6-4-3-5-19(22)10-14-26(23)46-17-18-7-13-24(36)25(37)15-18/h3-16,29H,2,17H2,1H3/b27-16-/t29-/m0/s1. The van der Waals surface area contributed by atoms with Crippen LogP contribution in [0.25, 0.3) is 16.8 Å². The lowest BCUT2D eigenvalue weighted by Gasteiger charge is -2.26. The first-order valence-electron chi connectivity index (χ1n) is 14.1. The molecule has 0 saturated carbocycles. The van der Waals surface area contributed by atoms with Gasteiger partial charge in [-0.3, -0.25) is 9.36 Å². The van der Waals surface area contributed by atoms with Gasteiger partial charge in [0.2, 0.25) is 0 Å². The number of benzene rings is 4. The molecule has 1 aliphatic heterocycles. The van der Waals surface area contributed by atoms with Gasteiger partial charge in [0.15, 0.2) is 10.5 Å². The van der Waals surface area contributed by atoms with Crippen LogP contribution in [0.15, 0.2) is 99.9 Å². The van der Waals surface area contributed by atoms with Crippen LogP contribution in [0.2, 0.25) is 15.1 Å². The van der Waals surface area contributed by atoms with Gasteiger partial charge >= 0.3 is 12.1 Å². The van der Waals surface area contributed by atoms with Gasteiger partial charge in [-0.25, -0.2) is 9.79 Å². The number of alkyl halides is 3. The van der Waals surface area contributed by atoms with Gasteiger partial charge in [0.25, 0.3) is 5.56 Å². The van der Waals surface area contributed by atoms with E-state index in [-0.39, 0.29) is 28.1 Å². The second-order valence-corrected chi connectivity index (χ2v) is 12.6. The highest BCUT2D eigenvalue weighted by molar-refractivity contribution is 7.07. The summed E-state index contributed by atoms with van der Waals surface area (Å²) in [7, 11) is 0. The summed E-state index contributed by atoms with van der Waals surface area (Å²) in [4.78, 5) is 30.9. The van der Waals surface area contributed by atoms with E-state index in [0.29, 0.717) is 26.4 Å². The molecule has 240 valence electrons. The topological polar surface area (TPSA) is 69.9 Å². The number of esters is 1. The maximum atomic E-state index is 14.5. The van der Waals surface area contributed by atoms with Gasteiger partial charge in [0.05, 0.1) is 32.8 Å². The first-order valence-corrected chi connectivity index (χ1v) is 16.1. The molecule has 6 nitrogen and oxygen atoms in total. The third-order valence-electron chi connectivity index (χ3n) is 7.37. The van der Waals surface area contributed by atoms with Crippen molar-refractivity contribution >= 4 is 69.0 Å². The molecule has 0 aliphatic carbocycles. The van der Waals surface area contributed by atoms with Crippen LogP contribution in [0.4, 0.5) is 13.2 Å². The Hall–Kier alpha value is -4.09. The molecule has 0 N–H and O–H groups in total. The normalized spacial score (nSPS) is 15.0. The van der Waals surface area contributed by atoms with Crippen molar-refractivity contribution in [2.75, 3.05) is 6.61 Å². The second-order valence-electron chi connectivity index (χ2n) is 10.4. The van der Waals surface area contributed by atoms with Gasteiger partial charge in [-0.05, 0) is 65.2 Å². The Morgan fingerprint density at radius 2 is 1.74 bits per heavy atom. The summed E-state index contributed by atoms with van der Waals surface area (Å²) in [5, 5.41) is 2.67. The van der Waals surface area contributed by atoms with Crippen LogP contribution >= 0.6 is 46.1 Å². The fourth-order valence-corrected chi connectivity index (χ4v) is 6.70. The minimum absolute atomic E-state index is 0.0742. The van der Waals surface area contributed by atoms with Gasteiger partial charge < -0.3 is 9.47 Å². The monoisotopic (exact) mass is 716 g/mol. The van der Waals surface area contributed by atoms with E-state index in [2.05, 4.69) is 4.99 Å². The van der Waals surface area contributed by atoms with Crippen molar-refractivity contribution in [3.8, 4) is 5.75 Å². The molecule has 13 heteroatoms. The van der Waals surface area contributed by atoms with Crippen LogP contribution in [0.1, 0.15) is 29.7 Å². The van der Waals surface area contributed by atoms with Crippen molar-refractivity contribution in [3.63, 3.8) is 0 Å². The number of thiazole rings is 1. The summed E-state index contributed by atoms with van der Waals surface area (Å²) in [5.41, 5.74) is -1.39. The number of halogens is 6. The number of hydrogen-bond donors (Lipinski definition) is 0. The molecular weight excluding hydrogens is 696 g/mol. The minimum Gasteiger partial charge on any atom is -0.488 e. The zero-order valence-electron chi connectivity index (χ0n) is 24.3. The molecule has 2 heterocycles. The Kier molecular flexibility index (Phi) is 9.22. The molecule has 0 saturated heterocycles. The predicted molar refractivity (Wildman–Crippen MR) is 177 cm³/mol. The molecule has 1 aromatic heterocycles. The maximum absolute atomic E-state index is 14.5. The lowest BCUT2D eigenvalue weighted by Crippen LogP contribution is -2.41. The SMILES string of the molecule is CCOC(=O)C1=C(C(F)(F)F)N=c2s/c(=C\c3c(OCc4ccc(Cl)c(Cl)c4)ccc4ccccc34)c(=O)n2[C@H]1c1ccc(Cl)cc1. The van der Waals surface area contributed by atoms with Gasteiger partial charge in [0.1, 0.15) is 12.4 Å². The summed E-state index contributed by atoms with van der Waals surface area (Å²) in [6.07, 6.45) is -3.46. The number of ether oxygens (including phenoxy) is 2. The molecule has 0 unspecified atom stereocenters. The highest BCUT2D eigenvalue weighted by atomic mass is 35.5. The van der Waals surface area contributed by atoms with Crippen molar-refractivity contribution in [1.82, 2.24) is 4.57 Å². The zero-order valence-corrected chi connectivity index (χ0v) is 27.4. The van der Waals surface area contributed by atoms with Gasteiger partial charge in [0, 0.05) is 10.6 Å². The fraction of sp³-hybridized carbons (Fsp3) is 0.147. The highest BCUT2D eigenvalue weighted by Gasteiger charge is 2.45. The lowest BCUT2D eigenvalue weighted by molar-refractivity contribution is -0.140. The molecule has 0 amide bonds. The van der Waals surface area contributed by atoms with E-state index in [0.717, 1.165) is 32.2 Å². The van der Waals surface area contributed by atoms with Gasteiger partial charge in [-0.15, -0.1) is 0 Å². The van der Waals surface area contributed by atoms with Crippen molar-refractivity contribution in [2.24, 2.45) is 4.99 Å². The van der Waals surface area contributed by atoms with E-state index in [4.69, 9.17) is 44.3 Å². The third-order valence-corrected chi connectivity index (χ3v) is 9.34. The first kappa shape index (κ1) is 32.8. The summed E-state index contributed by atoms with van der Waals surface area (Å²) in [5.74, 6) is -0.817. The summed E-state index contributed by atoms with van der Waals surface area (Å²) in [6.45, 7) is 1.41. The smallest absolute Gasteiger partial charge is 0.434 e. The lowest BCUT2D eigenvalue weighted by atomic mass is 9.95. The number of allylic oxidation sites excluding steroid dienone is 1. The zero-order chi connectivity index (χ0) is 33.5. The molecule has 0 bridgehead atoms. The Bertz CT molecular complexity index is 2250. The number of rotatable bonds is 7. The fourth-order valence-electron chi connectivity index (χ4n) is 5.27. The Labute approximate surface area is 284 Å². The molecule has 5 aromatic rings. The average molecular weight is 718 g/mol. The average Bonchev–Trinajstić information content (AvgIpc) is 3.35. The number of carbonyl (C=O) groups excluding carboxylic acids is 1. The van der Waals surface area contributed by atoms with Crippen molar-refractivity contribution < 1.29 is 27.4 Å². The van der Waals surface area contributed by atoms with Crippen LogP contribution in [-0.4, -0.2) is 23.3 Å². The van der Waals surface area contributed by atoms with E-state index < -0.39 is 35.0 Å². The molecular formula is C34H22Cl3F3N2O4S. The van der Waals surface area contributed by atoms with E-state index in [9.17, 15) is 22.8 Å². The van der Waals surface area contributed by atoms with Crippen molar-refractivity contribution in [1.29, 1.82) is 0 Å². The molecule has 1 atom stereocenters. The summed E-state index contributed by atoms with van der Waals surface area (Å²) in [6, 6.07) is 20.5. The molecule has 1 aliphatic rings. The maximum Gasteiger partial charge on any atom is 0.434 e. The van der Waals surface area contributed by atoms with E-state index >= 15 is 0 Å². The highest BCUT2D eigenvalue weighted by Crippen LogP contribution is 2.39. The van der Waals surface area contributed by atoms with E-state index in [1.165, 1.54) is 31.2 Å². The summed E-state index contributed by atoms with van der Waals surface area (Å²) >= 11 is 19.1. The summed E-state index contributed by atoms with van der Waals surface area (Å²) < 4.78 is 55.9. The minimum atomic E-state index is -5.02. The van der Waals surface area contributed by atoms with Gasteiger partial charge in [-0.1, -0.05) is 94.7 Å². The first-order chi connectivity index (χ1) is 22.5. The van der Waals surface area contributed by atoms with Crippen LogP contribution < -0.4 is 19.6 Å². The van der Waals surface area contributed by atoms with Gasteiger partial charge in [-0.2, -0.15) is 13.2 Å². The largest absolute Gasteiger partial charge is 0.488 e. The number of nitrogens with zero attached hydrogens (tertiary/aromatic N) is 2. The Morgan fingerprint density at radius 1 is 1.00 bits per heavy atom. The number of carbonyl (C=O) groups is 1. The molecule has 6 rings (SSSR count). The molecule has 0 radical (unpaired) electrons. The van der Waals surface area contributed by atoms with Crippen LogP contribution in [-0.2, 0) is 16.1 Å².